The number of nitrogens with zero attached hydrogens (tertiary/aromatic N) is 3. The number of rotatable bonds is 7. The van der Waals surface area contributed by atoms with E-state index in [2.05, 4.69) is 15.6 Å². The predicted octanol–water partition coefficient (Wildman–Crippen LogP) is -0.516. The molecule has 1 aromatic rings. The van der Waals surface area contributed by atoms with Crippen LogP contribution in [0.5, 0.6) is 0 Å². The van der Waals surface area contributed by atoms with Gasteiger partial charge in [-0.1, -0.05) is 12.1 Å². The molecule has 0 radical (unpaired) electrons. The van der Waals surface area contributed by atoms with E-state index in [1.54, 1.807) is 13.3 Å². The summed E-state index contributed by atoms with van der Waals surface area (Å²) in [5.41, 5.74) is 0.484. The van der Waals surface area contributed by atoms with Crippen molar-refractivity contribution in [3.05, 3.63) is 11.9 Å². The number of carbonyl (C=O) groups excluding carboxylic acids is 1. The van der Waals surface area contributed by atoms with E-state index in [1.165, 1.54) is 4.68 Å². The molecule has 0 spiro atoms. The van der Waals surface area contributed by atoms with Crippen LogP contribution in [0.3, 0.4) is 0 Å². The lowest BCUT2D eigenvalue weighted by Gasteiger charge is -2.03. The highest BCUT2D eigenvalue weighted by molar-refractivity contribution is 5.75. The molecule has 0 saturated heterocycles. The standard InChI is InChI=1S/C10H18N4O3/c1-3-9(15)8-6-14(13-12-8)7-10(16)11-4-5-17-2/h6,9,15H,3-5,7H2,1-2H3,(H,11,16). The molecule has 0 aliphatic carbocycles. The number of aliphatic hydroxyl groups excluding tert-OH is 1. The fraction of sp³-hybridized carbons (Fsp3) is 0.700. The van der Waals surface area contributed by atoms with E-state index < -0.39 is 6.10 Å². The smallest absolute Gasteiger partial charge is 0.241 e. The number of hydrogen-bond acceptors (Lipinski definition) is 5. The van der Waals surface area contributed by atoms with Crippen LogP contribution in [0.1, 0.15) is 25.1 Å². The molecule has 96 valence electrons. The lowest BCUT2D eigenvalue weighted by atomic mass is 10.2. The van der Waals surface area contributed by atoms with Gasteiger partial charge in [-0.05, 0) is 6.42 Å². The summed E-state index contributed by atoms with van der Waals surface area (Å²) in [4.78, 5) is 11.4. The molecule has 7 nitrogen and oxygen atoms in total. The summed E-state index contributed by atoms with van der Waals surface area (Å²) in [5, 5.41) is 19.7. The molecule has 0 bridgehead atoms. The average Bonchev–Trinajstić information content (AvgIpc) is 2.77. The van der Waals surface area contributed by atoms with Gasteiger partial charge in [-0.15, -0.1) is 5.10 Å². The second kappa shape index (κ2) is 6.97. The first-order valence-electron chi connectivity index (χ1n) is 5.51. The van der Waals surface area contributed by atoms with Crippen LogP contribution >= 0.6 is 0 Å². The Kier molecular flexibility index (Phi) is 5.58. The zero-order chi connectivity index (χ0) is 12.7. The minimum atomic E-state index is -0.625. The predicted molar refractivity (Wildman–Crippen MR) is 60.2 cm³/mol. The molecule has 1 rings (SSSR count). The van der Waals surface area contributed by atoms with Crippen LogP contribution in [0.15, 0.2) is 6.20 Å². The molecule has 0 saturated carbocycles. The molecule has 2 N–H and O–H groups in total. The van der Waals surface area contributed by atoms with E-state index in [9.17, 15) is 9.90 Å². The molecular weight excluding hydrogens is 224 g/mol. The van der Waals surface area contributed by atoms with E-state index in [-0.39, 0.29) is 12.5 Å². The summed E-state index contributed by atoms with van der Waals surface area (Å²) in [6.07, 6.45) is 1.52. The Morgan fingerprint density at radius 1 is 1.71 bits per heavy atom. The van der Waals surface area contributed by atoms with Crippen LogP contribution in [-0.4, -0.2) is 46.3 Å². The van der Waals surface area contributed by atoms with Crippen molar-refractivity contribution in [3.8, 4) is 0 Å². The molecule has 17 heavy (non-hydrogen) atoms. The highest BCUT2D eigenvalue weighted by Crippen LogP contribution is 2.11. The Hall–Kier alpha value is -1.47. The van der Waals surface area contributed by atoms with Gasteiger partial charge in [-0.2, -0.15) is 0 Å². The fourth-order valence-corrected chi connectivity index (χ4v) is 1.25. The summed E-state index contributed by atoms with van der Waals surface area (Å²) < 4.78 is 6.21. The van der Waals surface area contributed by atoms with Gasteiger partial charge in [0.15, 0.2) is 0 Å². The number of methoxy groups -OCH3 is 1. The molecule has 1 atom stereocenters. The largest absolute Gasteiger partial charge is 0.387 e. The van der Waals surface area contributed by atoms with Crippen LogP contribution in [0.25, 0.3) is 0 Å². The summed E-state index contributed by atoms with van der Waals surface area (Å²) in [6, 6.07) is 0. The van der Waals surface area contributed by atoms with Gasteiger partial charge in [0.05, 0.1) is 18.9 Å². The second-order valence-corrected chi connectivity index (χ2v) is 3.61. The molecule has 1 amide bonds. The van der Waals surface area contributed by atoms with Gasteiger partial charge >= 0.3 is 0 Å². The van der Waals surface area contributed by atoms with Crippen LogP contribution < -0.4 is 5.32 Å². The van der Waals surface area contributed by atoms with Gasteiger partial charge in [0, 0.05) is 13.7 Å². The number of ether oxygens (including phenoxy) is 1. The van der Waals surface area contributed by atoms with Gasteiger partial charge in [-0.25, -0.2) is 4.68 Å². The van der Waals surface area contributed by atoms with Crippen LogP contribution in [-0.2, 0) is 16.1 Å². The summed E-state index contributed by atoms with van der Waals surface area (Å²) in [5.74, 6) is -0.163. The first-order chi connectivity index (χ1) is 8.17. The van der Waals surface area contributed by atoms with Gasteiger partial charge in [0.1, 0.15) is 12.2 Å². The Bertz CT molecular complexity index is 353. The normalized spacial score (nSPS) is 12.4. The van der Waals surface area contributed by atoms with E-state index in [0.717, 1.165) is 0 Å². The maximum atomic E-state index is 11.4. The van der Waals surface area contributed by atoms with E-state index in [4.69, 9.17) is 4.74 Å². The number of hydrogen-bond donors (Lipinski definition) is 2. The van der Waals surface area contributed by atoms with Gasteiger partial charge < -0.3 is 15.2 Å². The topological polar surface area (TPSA) is 89.3 Å². The van der Waals surface area contributed by atoms with Crippen molar-refractivity contribution < 1.29 is 14.6 Å². The Balaban J connectivity index is 2.40. The molecule has 0 aliphatic heterocycles. The average molecular weight is 242 g/mol. The SMILES string of the molecule is CCC(O)c1cn(CC(=O)NCCOC)nn1. The third-order valence-electron chi connectivity index (χ3n) is 2.22. The molecule has 0 aromatic carbocycles. The highest BCUT2D eigenvalue weighted by atomic mass is 16.5. The van der Waals surface area contributed by atoms with Crippen molar-refractivity contribution in [1.82, 2.24) is 20.3 Å². The third kappa shape index (κ3) is 4.49. The third-order valence-corrected chi connectivity index (χ3v) is 2.22. The maximum absolute atomic E-state index is 11.4. The Morgan fingerprint density at radius 2 is 2.47 bits per heavy atom. The number of nitrogens with one attached hydrogen (secondary N) is 1. The number of aromatic nitrogens is 3. The number of carbonyl (C=O) groups is 1. The molecule has 1 unspecified atom stereocenters. The molecule has 7 heteroatoms. The van der Waals surface area contributed by atoms with Crippen LogP contribution in [0.2, 0.25) is 0 Å². The highest BCUT2D eigenvalue weighted by Gasteiger charge is 2.11. The molecule has 0 fully saturated rings. The molecular formula is C10H18N4O3. The zero-order valence-corrected chi connectivity index (χ0v) is 10.1. The summed E-state index contributed by atoms with van der Waals surface area (Å²) in [7, 11) is 1.57. The quantitative estimate of drug-likeness (QED) is 0.628. The van der Waals surface area contributed by atoms with E-state index >= 15 is 0 Å². The molecule has 1 heterocycles. The van der Waals surface area contributed by atoms with Gasteiger partial charge in [0.2, 0.25) is 5.91 Å². The van der Waals surface area contributed by atoms with Crippen molar-refractivity contribution in [2.24, 2.45) is 0 Å². The molecule has 0 aliphatic rings. The Morgan fingerprint density at radius 3 is 3.12 bits per heavy atom. The summed E-state index contributed by atoms with van der Waals surface area (Å²) in [6.45, 7) is 2.88. The zero-order valence-electron chi connectivity index (χ0n) is 10.1. The van der Waals surface area contributed by atoms with Crippen LogP contribution in [0.4, 0.5) is 0 Å². The van der Waals surface area contributed by atoms with Crippen molar-refractivity contribution in [1.29, 1.82) is 0 Å². The fourth-order valence-electron chi connectivity index (χ4n) is 1.25. The van der Waals surface area contributed by atoms with E-state index in [0.29, 0.717) is 25.3 Å². The van der Waals surface area contributed by atoms with Crippen LogP contribution in [0, 0.1) is 0 Å². The minimum Gasteiger partial charge on any atom is -0.387 e. The van der Waals surface area contributed by atoms with Crippen molar-refractivity contribution in [3.63, 3.8) is 0 Å². The van der Waals surface area contributed by atoms with Crippen molar-refractivity contribution in [2.75, 3.05) is 20.3 Å². The lowest BCUT2D eigenvalue weighted by molar-refractivity contribution is -0.122. The number of aliphatic hydroxyl groups is 1. The summed E-state index contributed by atoms with van der Waals surface area (Å²) >= 11 is 0. The monoisotopic (exact) mass is 242 g/mol. The Labute approximate surface area is 99.8 Å². The minimum absolute atomic E-state index is 0.0904. The van der Waals surface area contributed by atoms with Gasteiger partial charge in [0.25, 0.3) is 0 Å². The first-order valence-corrected chi connectivity index (χ1v) is 5.51. The van der Waals surface area contributed by atoms with E-state index in [1.807, 2.05) is 6.92 Å². The van der Waals surface area contributed by atoms with Gasteiger partial charge in [-0.3, -0.25) is 4.79 Å². The van der Waals surface area contributed by atoms with Crippen molar-refractivity contribution in [2.45, 2.75) is 26.0 Å². The second-order valence-electron chi connectivity index (χ2n) is 3.61. The number of amides is 1. The molecule has 1 aromatic heterocycles. The van der Waals surface area contributed by atoms with Crippen molar-refractivity contribution >= 4 is 5.91 Å². The lowest BCUT2D eigenvalue weighted by Crippen LogP contribution is -2.30. The maximum Gasteiger partial charge on any atom is 0.241 e. The first kappa shape index (κ1) is 13.6.